The zero-order chi connectivity index (χ0) is 17.6. The number of aromatic nitrogens is 2. The number of para-hydroxylation sites is 1. The van der Waals surface area contributed by atoms with Crippen molar-refractivity contribution < 1.29 is 9.59 Å². The molecular formula is C18H23N5O2. The van der Waals surface area contributed by atoms with Crippen molar-refractivity contribution in [3.05, 3.63) is 48.3 Å². The molecule has 0 saturated carbocycles. The molecule has 0 atom stereocenters. The van der Waals surface area contributed by atoms with Crippen molar-refractivity contribution >= 4 is 11.9 Å². The van der Waals surface area contributed by atoms with Crippen LogP contribution in [0.3, 0.4) is 0 Å². The maximum absolute atomic E-state index is 12.2. The number of nitrogens with one attached hydrogen (secondary N) is 1. The van der Waals surface area contributed by atoms with Gasteiger partial charge in [-0.1, -0.05) is 18.2 Å². The van der Waals surface area contributed by atoms with E-state index in [2.05, 4.69) is 10.4 Å². The van der Waals surface area contributed by atoms with E-state index < -0.39 is 0 Å². The zero-order valence-electron chi connectivity index (χ0n) is 14.4. The van der Waals surface area contributed by atoms with Crippen LogP contribution in [0.4, 0.5) is 4.79 Å². The maximum atomic E-state index is 12.2. The van der Waals surface area contributed by atoms with Gasteiger partial charge in [0.25, 0.3) is 0 Å². The molecule has 132 valence electrons. The molecule has 2 heterocycles. The second-order valence-electron chi connectivity index (χ2n) is 6.10. The van der Waals surface area contributed by atoms with E-state index in [0.717, 1.165) is 17.7 Å². The maximum Gasteiger partial charge on any atom is 0.317 e. The predicted molar refractivity (Wildman–Crippen MR) is 94.5 cm³/mol. The van der Waals surface area contributed by atoms with Gasteiger partial charge in [0.05, 0.1) is 11.9 Å². The van der Waals surface area contributed by atoms with Gasteiger partial charge < -0.3 is 15.1 Å². The fraction of sp³-hybridized carbons (Fsp3) is 0.389. The molecular weight excluding hydrogens is 318 g/mol. The first-order chi connectivity index (χ1) is 12.1. The van der Waals surface area contributed by atoms with Gasteiger partial charge in [-0.05, 0) is 24.1 Å². The molecule has 1 N–H and O–H groups in total. The number of amides is 3. The van der Waals surface area contributed by atoms with Gasteiger partial charge in [-0.3, -0.25) is 4.79 Å². The largest absolute Gasteiger partial charge is 0.339 e. The van der Waals surface area contributed by atoms with Crippen LogP contribution < -0.4 is 5.32 Å². The number of urea groups is 1. The number of carbonyl (C=O) groups excluding carboxylic acids is 2. The molecule has 1 fully saturated rings. The highest BCUT2D eigenvalue weighted by molar-refractivity contribution is 5.76. The van der Waals surface area contributed by atoms with Gasteiger partial charge in [0.15, 0.2) is 0 Å². The third-order valence-corrected chi connectivity index (χ3v) is 4.36. The second-order valence-corrected chi connectivity index (χ2v) is 6.10. The van der Waals surface area contributed by atoms with Gasteiger partial charge in [0, 0.05) is 45.8 Å². The number of benzene rings is 1. The normalized spacial score (nSPS) is 14.4. The van der Waals surface area contributed by atoms with Crippen LogP contribution in [-0.4, -0.2) is 64.2 Å². The Labute approximate surface area is 147 Å². The molecule has 3 amide bonds. The number of carbonyl (C=O) groups is 2. The Bertz CT molecular complexity index is 720. The number of nitrogens with zero attached hydrogens (tertiary/aromatic N) is 4. The van der Waals surface area contributed by atoms with E-state index in [0.29, 0.717) is 32.7 Å². The zero-order valence-corrected chi connectivity index (χ0v) is 14.4. The predicted octanol–water partition coefficient (Wildman–Crippen LogP) is 1.29. The van der Waals surface area contributed by atoms with E-state index in [1.54, 1.807) is 16.7 Å². The summed E-state index contributed by atoms with van der Waals surface area (Å²) in [7, 11) is 0. The topological polar surface area (TPSA) is 70.5 Å². The lowest BCUT2D eigenvalue weighted by molar-refractivity contribution is -0.130. The highest BCUT2D eigenvalue weighted by atomic mass is 16.2. The van der Waals surface area contributed by atoms with Crippen LogP contribution in [0.2, 0.25) is 0 Å². The van der Waals surface area contributed by atoms with E-state index in [1.165, 1.54) is 0 Å². The number of hydrogen-bond donors (Lipinski definition) is 1. The Kier molecular flexibility index (Phi) is 5.33. The number of rotatable bonds is 4. The van der Waals surface area contributed by atoms with Gasteiger partial charge in [-0.15, -0.1) is 0 Å². The molecule has 1 aromatic carbocycles. The van der Waals surface area contributed by atoms with Crippen molar-refractivity contribution in [2.45, 2.75) is 13.3 Å². The summed E-state index contributed by atoms with van der Waals surface area (Å²) in [5.74, 6) is 0.0653. The minimum absolute atomic E-state index is 0.0653. The minimum atomic E-state index is -0.0707. The van der Waals surface area contributed by atoms with E-state index in [4.69, 9.17) is 0 Å². The summed E-state index contributed by atoms with van der Waals surface area (Å²) >= 11 is 0. The lowest BCUT2D eigenvalue weighted by atomic mass is 10.2. The van der Waals surface area contributed by atoms with Crippen LogP contribution in [0.5, 0.6) is 0 Å². The van der Waals surface area contributed by atoms with Gasteiger partial charge in [0.1, 0.15) is 0 Å². The van der Waals surface area contributed by atoms with E-state index in [-0.39, 0.29) is 11.9 Å². The van der Waals surface area contributed by atoms with Gasteiger partial charge >= 0.3 is 6.03 Å². The monoisotopic (exact) mass is 341 g/mol. The Morgan fingerprint density at radius 3 is 2.44 bits per heavy atom. The van der Waals surface area contributed by atoms with Crippen molar-refractivity contribution in [2.75, 3.05) is 32.7 Å². The Hall–Kier alpha value is -2.83. The Balaban J connectivity index is 1.43. The first-order valence-corrected chi connectivity index (χ1v) is 8.51. The molecule has 1 aromatic heterocycles. The summed E-state index contributed by atoms with van der Waals surface area (Å²) in [6.45, 7) is 4.49. The fourth-order valence-electron chi connectivity index (χ4n) is 2.86. The molecule has 0 spiro atoms. The molecule has 0 bridgehead atoms. The molecule has 3 rings (SSSR count). The number of hydrogen-bond acceptors (Lipinski definition) is 3. The van der Waals surface area contributed by atoms with E-state index >= 15 is 0 Å². The Morgan fingerprint density at radius 1 is 1.08 bits per heavy atom. The molecule has 0 unspecified atom stereocenters. The van der Waals surface area contributed by atoms with E-state index in [1.807, 2.05) is 47.4 Å². The Morgan fingerprint density at radius 2 is 1.76 bits per heavy atom. The van der Waals surface area contributed by atoms with Crippen molar-refractivity contribution in [3.8, 4) is 5.69 Å². The summed E-state index contributed by atoms with van der Waals surface area (Å²) in [5.41, 5.74) is 2.09. The molecule has 1 aliphatic heterocycles. The lowest BCUT2D eigenvalue weighted by Gasteiger charge is -2.34. The smallest absolute Gasteiger partial charge is 0.317 e. The van der Waals surface area contributed by atoms with Crippen LogP contribution in [-0.2, 0) is 11.2 Å². The summed E-state index contributed by atoms with van der Waals surface area (Å²) < 4.78 is 1.83. The van der Waals surface area contributed by atoms with Crippen molar-refractivity contribution in [3.63, 3.8) is 0 Å². The quantitative estimate of drug-likeness (QED) is 0.911. The SMILES string of the molecule is CC(=O)N1CCN(C(=O)NCCc2cnn(-c3ccccc3)c2)CC1. The molecule has 25 heavy (non-hydrogen) atoms. The van der Waals surface area contributed by atoms with Gasteiger partial charge in [-0.2, -0.15) is 5.10 Å². The highest BCUT2D eigenvalue weighted by Crippen LogP contribution is 2.08. The van der Waals surface area contributed by atoms with Gasteiger partial charge in [-0.25, -0.2) is 9.48 Å². The molecule has 7 nitrogen and oxygen atoms in total. The minimum Gasteiger partial charge on any atom is -0.339 e. The molecule has 1 saturated heterocycles. The van der Waals surface area contributed by atoms with Crippen LogP contribution in [0.15, 0.2) is 42.7 Å². The van der Waals surface area contributed by atoms with Crippen LogP contribution in [0, 0.1) is 0 Å². The first kappa shape index (κ1) is 17.0. The standard InChI is InChI=1S/C18H23N5O2/c1-15(24)21-9-11-22(12-10-21)18(25)19-8-7-16-13-20-23(14-16)17-5-3-2-4-6-17/h2-6,13-14H,7-12H2,1H3,(H,19,25). The average molecular weight is 341 g/mol. The molecule has 7 heteroatoms. The van der Waals surface area contributed by atoms with Crippen LogP contribution in [0.1, 0.15) is 12.5 Å². The van der Waals surface area contributed by atoms with Crippen LogP contribution >= 0.6 is 0 Å². The molecule has 0 radical (unpaired) electrons. The van der Waals surface area contributed by atoms with Crippen LogP contribution in [0.25, 0.3) is 5.69 Å². The molecule has 2 aromatic rings. The third-order valence-electron chi connectivity index (χ3n) is 4.36. The number of piperazine rings is 1. The highest BCUT2D eigenvalue weighted by Gasteiger charge is 2.21. The molecule has 0 aliphatic carbocycles. The van der Waals surface area contributed by atoms with Crippen molar-refractivity contribution in [2.24, 2.45) is 0 Å². The second kappa shape index (κ2) is 7.83. The van der Waals surface area contributed by atoms with E-state index in [9.17, 15) is 9.59 Å². The summed E-state index contributed by atoms with van der Waals surface area (Å²) in [5, 5.41) is 7.30. The van der Waals surface area contributed by atoms with Gasteiger partial charge in [0.2, 0.25) is 5.91 Å². The van der Waals surface area contributed by atoms with Crippen molar-refractivity contribution in [1.29, 1.82) is 0 Å². The molecule has 1 aliphatic rings. The summed E-state index contributed by atoms with van der Waals surface area (Å²) in [6, 6.07) is 9.85. The van der Waals surface area contributed by atoms with Crippen molar-refractivity contribution in [1.82, 2.24) is 24.9 Å². The average Bonchev–Trinajstić information content (AvgIpc) is 3.11. The summed E-state index contributed by atoms with van der Waals surface area (Å²) in [6.07, 6.45) is 4.53. The summed E-state index contributed by atoms with van der Waals surface area (Å²) in [4.78, 5) is 27.0. The first-order valence-electron chi connectivity index (χ1n) is 8.51. The lowest BCUT2D eigenvalue weighted by Crippen LogP contribution is -2.52. The fourth-order valence-corrected chi connectivity index (χ4v) is 2.86. The third kappa shape index (κ3) is 4.37.